The molecule has 1 rings (SSSR count). The minimum Gasteiger partial charge on any atom is -0.390 e. The third-order valence-corrected chi connectivity index (χ3v) is 3.02. The molecule has 1 aromatic carbocycles. The molecule has 2 heteroatoms. The standard InChI is InChI=1S/C14H22O2/c1-3-11-5-7-12(8-6-11)9-10-14(16)13(15)4-2/h5-8,13-16H,3-4,9-10H2,1-2H3. The minimum absolute atomic E-state index is 0.588. The van der Waals surface area contributed by atoms with Gasteiger partial charge in [-0.15, -0.1) is 0 Å². The van der Waals surface area contributed by atoms with Crippen LogP contribution in [0.25, 0.3) is 0 Å². The SMILES string of the molecule is CCc1ccc(CCC(O)C(O)CC)cc1. The summed E-state index contributed by atoms with van der Waals surface area (Å²) in [6, 6.07) is 8.45. The van der Waals surface area contributed by atoms with Crippen LogP contribution in [0.2, 0.25) is 0 Å². The second-order valence-corrected chi connectivity index (χ2v) is 4.25. The highest BCUT2D eigenvalue weighted by atomic mass is 16.3. The number of rotatable bonds is 6. The van der Waals surface area contributed by atoms with Crippen molar-refractivity contribution in [3.63, 3.8) is 0 Å². The lowest BCUT2D eigenvalue weighted by molar-refractivity contribution is 0.0130. The molecule has 0 aliphatic carbocycles. The van der Waals surface area contributed by atoms with Gasteiger partial charge in [0.2, 0.25) is 0 Å². The molecule has 0 aliphatic heterocycles. The van der Waals surface area contributed by atoms with Gasteiger partial charge in [0.15, 0.2) is 0 Å². The van der Waals surface area contributed by atoms with Gasteiger partial charge >= 0.3 is 0 Å². The monoisotopic (exact) mass is 222 g/mol. The van der Waals surface area contributed by atoms with Crippen molar-refractivity contribution in [2.45, 2.75) is 51.7 Å². The van der Waals surface area contributed by atoms with E-state index in [0.717, 1.165) is 12.8 Å². The molecular formula is C14H22O2. The van der Waals surface area contributed by atoms with E-state index in [1.807, 2.05) is 6.92 Å². The first-order valence-electron chi connectivity index (χ1n) is 6.11. The highest BCUT2D eigenvalue weighted by Crippen LogP contribution is 2.11. The van der Waals surface area contributed by atoms with Crippen molar-refractivity contribution in [1.29, 1.82) is 0 Å². The second kappa shape index (κ2) is 6.66. The van der Waals surface area contributed by atoms with Gasteiger partial charge in [0, 0.05) is 0 Å². The maximum Gasteiger partial charge on any atom is 0.0802 e. The Morgan fingerprint density at radius 3 is 2.00 bits per heavy atom. The van der Waals surface area contributed by atoms with E-state index in [9.17, 15) is 10.2 Å². The van der Waals surface area contributed by atoms with Crippen molar-refractivity contribution in [3.8, 4) is 0 Å². The summed E-state index contributed by atoms with van der Waals surface area (Å²) in [5.41, 5.74) is 2.55. The van der Waals surface area contributed by atoms with E-state index in [1.54, 1.807) is 0 Å². The topological polar surface area (TPSA) is 40.5 Å². The Morgan fingerprint density at radius 2 is 1.50 bits per heavy atom. The third kappa shape index (κ3) is 3.95. The van der Waals surface area contributed by atoms with E-state index in [1.165, 1.54) is 11.1 Å². The fourth-order valence-corrected chi connectivity index (χ4v) is 1.72. The molecule has 90 valence electrons. The van der Waals surface area contributed by atoms with Crippen molar-refractivity contribution >= 4 is 0 Å². The number of aliphatic hydroxyl groups excluding tert-OH is 2. The number of hydrogen-bond donors (Lipinski definition) is 2. The molecule has 2 nitrogen and oxygen atoms in total. The maximum absolute atomic E-state index is 9.63. The predicted octanol–water partition coefficient (Wildman–Crippen LogP) is 2.31. The Labute approximate surface area is 97.9 Å². The van der Waals surface area contributed by atoms with Crippen LogP contribution in [-0.4, -0.2) is 22.4 Å². The summed E-state index contributed by atoms with van der Waals surface area (Å²) in [6.45, 7) is 4.01. The van der Waals surface area contributed by atoms with E-state index in [4.69, 9.17) is 0 Å². The molecule has 1 aromatic rings. The van der Waals surface area contributed by atoms with Crippen molar-refractivity contribution < 1.29 is 10.2 Å². The van der Waals surface area contributed by atoms with Gasteiger partial charge in [-0.1, -0.05) is 38.1 Å². The maximum atomic E-state index is 9.63. The molecule has 0 saturated carbocycles. The van der Waals surface area contributed by atoms with Crippen LogP contribution in [0.15, 0.2) is 24.3 Å². The lowest BCUT2D eigenvalue weighted by Gasteiger charge is -2.15. The molecule has 2 unspecified atom stereocenters. The van der Waals surface area contributed by atoms with Crippen molar-refractivity contribution in [2.24, 2.45) is 0 Å². The quantitative estimate of drug-likeness (QED) is 0.775. The molecule has 0 amide bonds. The summed E-state index contributed by atoms with van der Waals surface area (Å²) in [4.78, 5) is 0. The van der Waals surface area contributed by atoms with Crippen LogP contribution in [0.4, 0.5) is 0 Å². The molecule has 0 radical (unpaired) electrons. The number of hydrogen-bond acceptors (Lipinski definition) is 2. The fraction of sp³-hybridized carbons (Fsp3) is 0.571. The highest BCUT2D eigenvalue weighted by Gasteiger charge is 2.13. The lowest BCUT2D eigenvalue weighted by atomic mass is 10.0. The summed E-state index contributed by atoms with van der Waals surface area (Å²) < 4.78 is 0. The van der Waals surface area contributed by atoms with E-state index < -0.39 is 12.2 Å². The first kappa shape index (κ1) is 13.2. The molecular weight excluding hydrogens is 200 g/mol. The summed E-state index contributed by atoms with van der Waals surface area (Å²) >= 11 is 0. The Hall–Kier alpha value is -0.860. The zero-order valence-corrected chi connectivity index (χ0v) is 10.2. The van der Waals surface area contributed by atoms with Crippen LogP contribution in [-0.2, 0) is 12.8 Å². The predicted molar refractivity (Wildman–Crippen MR) is 66.4 cm³/mol. The molecule has 0 fully saturated rings. The molecule has 0 heterocycles. The number of aliphatic hydroxyl groups is 2. The third-order valence-electron chi connectivity index (χ3n) is 3.02. The van der Waals surface area contributed by atoms with E-state index in [2.05, 4.69) is 31.2 Å². The molecule has 0 spiro atoms. The Balaban J connectivity index is 2.42. The van der Waals surface area contributed by atoms with Crippen molar-refractivity contribution in [1.82, 2.24) is 0 Å². The zero-order valence-electron chi connectivity index (χ0n) is 10.2. The van der Waals surface area contributed by atoms with Crippen LogP contribution >= 0.6 is 0 Å². The summed E-state index contributed by atoms with van der Waals surface area (Å²) in [7, 11) is 0. The fourth-order valence-electron chi connectivity index (χ4n) is 1.72. The Kier molecular flexibility index (Phi) is 5.50. The number of aryl methyl sites for hydroxylation is 2. The van der Waals surface area contributed by atoms with Gasteiger partial charge < -0.3 is 10.2 Å². The van der Waals surface area contributed by atoms with Gasteiger partial charge in [-0.2, -0.15) is 0 Å². The van der Waals surface area contributed by atoms with Gasteiger partial charge in [-0.3, -0.25) is 0 Å². The molecule has 0 aromatic heterocycles. The molecule has 2 N–H and O–H groups in total. The van der Waals surface area contributed by atoms with Crippen LogP contribution in [0.5, 0.6) is 0 Å². The lowest BCUT2D eigenvalue weighted by Crippen LogP contribution is -2.25. The van der Waals surface area contributed by atoms with Crippen LogP contribution in [0.1, 0.15) is 37.8 Å². The van der Waals surface area contributed by atoms with Gasteiger partial charge in [-0.05, 0) is 36.8 Å². The van der Waals surface area contributed by atoms with Gasteiger partial charge in [0.25, 0.3) is 0 Å². The normalized spacial score (nSPS) is 14.8. The van der Waals surface area contributed by atoms with Crippen molar-refractivity contribution in [3.05, 3.63) is 35.4 Å². The van der Waals surface area contributed by atoms with E-state index >= 15 is 0 Å². The van der Waals surface area contributed by atoms with Gasteiger partial charge in [-0.25, -0.2) is 0 Å². The molecule has 0 saturated heterocycles. The zero-order chi connectivity index (χ0) is 12.0. The number of benzene rings is 1. The van der Waals surface area contributed by atoms with Crippen LogP contribution in [0.3, 0.4) is 0 Å². The first-order chi connectivity index (χ1) is 7.67. The average Bonchev–Trinajstić information content (AvgIpc) is 2.35. The van der Waals surface area contributed by atoms with Gasteiger partial charge in [0.1, 0.15) is 0 Å². The Bertz CT molecular complexity index is 292. The highest BCUT2D eigenvalue weighted by molar-refractivity contribution is 5.22. The minimum atomic E-state index is -0.601. The van der Waals surface area contributed by atoms with E-state index in [-0.39, 0.29) is 0 Å². The largest absolute Gasteiger partial charge is 0.390 e. The summed E-state index contributed by atoms with van der Waals surface area (Å²) in [5.74, 6) is 0. The summed E-state index contributed by atoms with van der Waals surface area (Å²) in [5, 5.41) is 19.1. The molecule has 16 heavy (non-hydrogen) atoms. The molecule has 0 bridgehead atoms. The Morgan fingerprint density at radius 1 is 0.938 bits per heavy atom. The smallest absolute Gasteiger partial charge is 0.0802 e. The molecule has 2 atom stereocenters. The summed E-state index contributed by atoms with van der Waals surface area (Å²) in [6.07, 6.45) is 1.92. The first-order valence-corrected chi connectivity index (χ1v) is 6.11. The van der Waals surface area contributed by atoms with Crippen molar-refractivity contribution in [2.75, 3.05) is 0 Å². The van der Waals surface area contributed by atoms with Gasteiger partial charge in [0.05, 0.1) is 12.2 Å². The second-order valence-electron chi connectivity index (χ2n) is 4.25. The van der Waals surface area contributed by atoms with Crippen LogP contribution in [0, 0.1) is 0 Å². The average molecular weight is 222 g/mol. The van der Waals surface area contributed by atoms with Crippen LogP contribution < -0.4 is 0 Å². The van der Waals surface area contributed by atoms with E-state index in [0.29, 0.717) is 12.8 Å². The molecule has 0 aliphatic rings.